The maximum atomic E-state index is 6.59. The lowest BCUT2D eigenvalue weighted by atomic mass is 9.96. The molecule has 0 bridgehead atoms. The Balaban J connectivity index is 0.980. The molecular weight excluding hydrogens is 813 g/mol. The maximum absolute atomic E-state index is 6.59. The molecule has 0 aliphatic heterocycles. The van der Waals surface area contributed by atoms with Crippen LogP contribution in [-0.4, -0.2) is 4.57 Å². The van der Waals surface area contributed by atoms with Gasteiger partial charge in [0.25, 0.3) is 0 Å². The summed E-state index contributed by atoms with van der Waals surface area (Å²) >= 11 is 0. The fraction of sp³-hybridized carbons (Fsp3) is 0. The molecule has 0 fully saturated rings. The number of nitrogens with zero attached hydrogens (tertiary/aromatic N) is 2. The minimum atomic E-state index is 0.880. The third kappa shape index (κ3) is 6.67. The molecule has 2 aromatic heterocycles. The van der Waals surface area contributed by atoms with Crippen molar-refractivity contribution in [3.8, 4) is 50.2 Å². The molecule has 2 heterocycles. The van der Waals surface area contributed by atoms with Gasteiger partial charge in [-0.2, -0.15) is 0 Å². The van der Waals surface area contributed by atoms with E-state index >= 15 is 0 Å². The highest BCUT2D eigenvalue weighted by atomic mass is 16.3. The fourth-order valence-corrected chi connectivity index (χ4v) is 10.2. The zero-order valence-electron chi connectivity index (χ0n) is 36.6. The van der Waals surface area contributed by atoms with Crippen molar-refractivity contribution in [1.82, 2.24) is 4.57 Å². The van der Waals surface area contributed by atoms with Crippen LogP contribution in [0.3, 0.4) is 0 Å². The highest BCUT2D eigenvalue weighted by Gasteiger charge is 2.21. The molecule has 3 nitrogen and oxygen atoms in total. The predicted octanol–water partition coefficient (Wildman–Crippen LogP) is 18.0. The quantitative estimate of drug-likeness (QED) is 0.152. The molecular formula is C64H42N2O. The average Bonchev–Trinajstić information content (AvgIpc) is 3.95. The number of hydrogen-bond donors (Lipinski definition) is 0. The second kappa shape index (κ2) is 16.0. The normalized spacial score (nSPS) is 11.6. The van der Waals surface area contributed by atoms with E-state index in [0.29, 0.717) is 0 Å². The number of para-hydroxylation sites is 3. The van der Waals surface area contributed by atoms with E-state index in [2.05, 4.69) is 264 Å². The largest absolute Gasteiger partial charge is 0.455 e. The van der Waals surface area contributed by atoms with Gasteiger partial charge >= 0.3 is 0 Å². The number of aromatic nitrogens is 1. The molecule has 0 N–H and O–H groups in total. The van der Waals surface area contributed by atoms with Crippen molar-refractivity contribution in [2.45, 2.75) is 0 Å². The molecule has 314 valence electrons. The van der Waals surface area contributed by atoms with Crippen LogP contribution in [-0.2, 0) is 0 Å². The number of benzene rings is 11. The zero-order valence-corrected chi connectivity index (χ0v) is 36.6. The van der Waals surface area contributed by atoms with Crippen LogP contribution in [0, 0.1) is 0 Å². The van der Waals surface area contributed by atoms with Crippen LogP contribution in [0.25, 0.3) is 105 Å². The summed E-state index contributed by atoms with van der Waals surface area (Å²) in [5, 5.41) is 7.03. The molecule has 0 saturated heterocycles. The predicted molar refractivity (Wildman–Crippen MR) is 282 cm³/mol. The van der Waals surface area contributed by atoms with Crippen LogP contribution in [0.2, 0.25) is 0 Å². The number of fused-ring (bicyclic) bond motifs is 8. The monoisotopic (exact) mass is 854 g/mol. The van der Waals surface area contributed by atoms with Gasteiger partial charge in [0.2, 0.25) is 0 Å². The van der Waals surface area contributed by atoms with Gasteiger partial charge in [-0.3, -0.25) is 0 Å². The van der Waals surface area contributed by atoms with Gasteiger partial charge in [-0.05, 0) is 123 Å². The Labute approximate surface area is 388 Å². The topological polar surface area (TPSA) is 21.3 Å². The number of furan rings is 1. The molecule has 0 aliphatic rings. The second-order valence-electron chi connectivity index (χ2n) is 17.3. The molecule has 0 aliphatic carbocycles. The van der Waals surface area contributed by atoms with E-state index in [-0.39, 0.29) is 0 Å². The average molecular weight is 855 g/mol. The van der Waals surface area contributed by atoms with Gasteiger partial charge in [-0.25, -0.2) is 0 Å². The molecule has 0 spiro atoms. The first-order valence-electron chi connectivity index (χ1n) is 22.9. The van der Waals surface area contributed by atoms with Crippen molar-refractivity contribution < 1.29 is 4.42 Å². The maximum Gasteiger partial charge on any atom is 0.143 e. The molecule has 0 unspecified atom stereocenters. The molecule has 67 heavy (non-hydrogen) atoms. The Bertz CT molecular complexity index is 3860. The van der Waals surface area contributed by atoms with E-state index < -0.39 is 0 Å². The van der Waals surface area contributed by atoms with Gasteiger partial charge in [-0.1, -0.05) is 176 Å². The highest BCUT2D eigenvalue weighted by Crippen LogP contribution is 2.45. The zero-order chi connectivity index (χ0) is 44.3. The van der Waals surface area contributed by atoms with Crippen molar-refractivity contribution >= 4 is 71.6 Å². The number of hydrogen-bond acceptors (Lipinski definition) is 2. The smallest absolute Gasteiger partial charge is 0.143 e. The molecule has 13 aromatic rings. The minimum absolute atomic E-state index is 0.880. The van der Waals surface area contributed by atoms with Crippen molar-refractivity contribution in [2.75, 3.05) is 4.90 Å². The Hall–Kier alpha value is -8.92. The van der Waals surface area contributed by atoms with E-state index in [4.69, 9.17) is 4.42 Å². The van der Waals surface area contributed by atoms with E-state index in [1.54, 1.807) is 0 Å². The van der Waals surface area contributed by atoms with Gasteiger partial charge in [0.15, 0.2) is 0 Å². The summed E-state index contributed by atoms with van der Waals surface area (Å²) in [4.78, 5) is 2.43. The third-order valence-electron chi connectivity index (χ3n) is 13.4. The first-order chi connectivity index (χ1) is 33.2. The van der Waals surface area contributed by atoms with Crippen molar-refractivity contribution in [2.24, 2.45) is 0 Å². The summed E-state index contributed by atoms with van der Waals surface area (Å²) < 4.78 is 8.97. The van der Waals surface area contributed by atoms with Crippen molar-refractivity contribution in [3.63, 3.8) is 0 Å². The lowest BCUT2D eigenvalue weighted by Gasteiger charge is -2.29. The van der Waals surface area contributed by atoms with E-state index in [0.717, 1.165) is 94.6 Å². The number of anilines is 3. The summed E-state index contributed by atoms with van der Waals surface area (Å²) in [6.07, 6.45) is 0. The second-order valence-corrected chi connectivity index (χ2v) is 17.3. The van der Waals surface area contributed by atoms with Gasteiger partial charge in [0, 0.05) is 49.6 Å². The Morgan fingerprint density at radius 2 is 0.896 bits per heavy atom. The van der Waals surface area contributed by atoms with Crippen LogP contribution in [0.1, 0.15) is 0 Å². The standard InChI is InChI=1S/C64H42N2O/c1-3-16-43(17-4-1)49-38-50(44-18-5-2-6-19-44)41-53(40-49)65(60-27-12-9-23-54(60)48-33-37-63-59(42-48)58-36-32-46-20-7-8-24-55(46)64(58)67-63)51-34-30-45(31-35-51)47-21-15-22-52(39-47)66-61-28-13-10-25-56(61)57-26-11-14-29-62(57)66/h1-42H. The van der Waals surface area contributed by atoms with Crippen LogP contribution < -0.4 is 4.90 Å². The van der Waals surface area contributed by atoms with Crippen LogP contribution in [0.15, 0.2) is 259 Å². The molecule has 0 saturated carbocycles. The minimum Gasteiger partial charge on any atom is -0.455 e. The molecule has 0 radical (unpaired) electrons. The summed E-state index contributed by atoms with van der Waals surface area (Å²) in [7, 11) is 0. The van der Waals surface area contributed by atoms with Crippen molar-refractivity contribution in [1.29, 1.82) is 0 Å². The van der Waals surface area contributed by atoms with E-state index in [9.17, 15) is 0 Å². The van der Waals surface area contributed by atoms with Crippen LogP contribution in [0.5, 0.6) is 0 Å². The summed E-state index contributed by atoms with van der Waals surface area (Å²) in [6, 6.07) is 92.0. The first-order valence-corrected chi connectivity index (χ1v) is 22.9. The molecule has 11 aromatic carbocycles. The van der Waals surface area contributed by atoms with Gasteiger partial charge < -0.3 is 13.9 Å². The van der Waals surface area contributed by atoms with Gasteiger partial charge in [0.1, 0.15) is 11.2 Å². The Morgan fingerprint density at radius 1 is 0.313 bits per heavy atom. The Kier molecular flexibility index (Phi) is 9.17. The lowest BCUT2D eigenvalue weighted by molar-refractivity contribution is 0.672. The van der Waals surface area contributed by atoms with Crippen LogP contribution >= 0.6 is 0 Å². The third-order valence-corrected chi connectivity index (χ3v) is 13.4. The molecule has 0 atom stereocenters. The summed E-state index contributed by atoms with van der Waals surface area (Å²) in [6.45, 7) is 0. The van der Waals surface area contributed by atoms with E-state index in [1.165, 1.54) is 27.2 Å². The van der Waals surface area contributed by atoms with E-state index in [1.807, 2.05) is 0 Å². The highest BCUT2D eigenvalue weighted by molar-refractivity contribution is 6.16. The lowest BCUT2D eigenvalue weighted by Crippen LogP contribution is -2.11. The number of rotatable bonds is 8. The Morgan fingerprint density at radius 3 is 1.61 bits per heavy atom. The summed E-state index contributed by atoms with van der Waals surface area (Å²) in [5.41, 5.74) is 17.7. The first kappa shape index (κ1) is 38.5. The van der Waals surface area contributed by atoms with Gasteiger partial charge in [-0.15, -0.1) is 0 Å². The molecule has 3 heteroatoms. The fourth-order valence-electron chi connectivity index (χ4n) is 10.2. The molecule has 13 rings (SSSR count). The SMILES string of the molecule is c1ccc(-c2cc(-c3ccccc3)cc(N(c3ccc(-c4cccc(-n5c6ccccc6c6ccccc65)c4)cc3)c3ccccc3-c3ccc4oc5c6ccccc6ccc5c4c3)c2)cc1. The van der Waals surface area contributed by atoms with Crippen molar-refractivity contribution in [3.05, 3.63) is 255 Å². The van der Waals surface area contributed by atoms with Crippen LogP contribution in [0.4, 0.5) is 17.1 Å². The van der Waals surface area contributed by atoms with Gasteiger partial charge in [0.05, 0.1) is 16.7 Å². The summed E-state index contributed by atoms with van der Waals surface area (Å²) in [5.74, 6) is 0. The molecule has 0 amide bonds.